The molecule has 0 aliphatic carbocycles. The fourth-order valence-electron chi connectivity index (χ4n) is 4.65. The molecule has 1 aromatic rings. The van der Waals surface area contributed by atoms with E-state index in [1.807, 2.05) is 0 Å². The number of hydrogen-bond acceptors (Lipinski definition) is 6. The normalized spacial score (nSPS) is 25.8. The van der Waals surface area contributed by atoms with Crippen LogP contribution in [0, 0.1) is 0 Å². The second kappa shape index (κ2) is 8.33. The molecule has 7 heteroatoms. The molecule has 0 unspecified atom stereocenters. The number of ether oxygens (including phenoxy) is 1. The second-order valence-corrected chi connectivity index (χ2v) is 8.27. The lowest BCUT2D eigenvalue weighted by molar-refractivity contribution is 0.0247. The molecule has 0 aromatic carbocycles. The topological polar surface area (TPSA) is 49.7 Å². The molecule has 0 amide bonds. The van der Waals surface area contributed by atoms with Crippen LogP contribution in [0.4, 0.5) is 0 Å². The van der Waals surface area contributed by atoms with E-state index in [9.17, 15) is 0 Å². The van der Waals surface area contributed by atoms with Crippen LogP contribution >= 0.6 is 0 Å². The standard InChI is InChI=1S/C19H34N6O/c1-22-9-11-24(12-10-22)15-18-20-21-19(23(18)2)16-3-7-25(8-4-16)17-5-13-26-14-6-17/h16-17H,3-15H2,1-2H3. The summed E-state index contributed by atoms with van der Waals surface area (Å²) < 4.78 is 7.78. The quantitative estimate of drug-likeness (QED) is 0.794. The second-order valence-electron chi connectivity index (χ2n) is 8.27. The van der Waals surface area contributed by atoms with Crippen LogP contribution in [0.5, 0.6) is 0 Å². The molecule has 0 saturated carbocycles. The maximum atomic E-state index is 5.51. The number of hydrogen-bond donors (Lipinski definition) is 0. The van der Waals surface area contributed by atoms with E-state index < -0.39 is 0 Å². The zero-order chi connectivity index (χ0) is 17.9. The Labute approximate surface area is 157 Å². The SMILES string of the molecule is CN1CCN(Cc2nnc(C3CCN(C4CCOCC4)CC3)n2C)CC1. The van der Waals surface area contributed by atoms with Gasteiger partial charge in [-0.25, -0.2) is 0 Å². The Bertz CT molecular complexity index is 569. The van der Waals surface area contributed by atoms with Crippen molar-refractivity contribution in [1.82, 2.24) is 29.5 Å². The fourth-order valence-corrected chi connectivity index (χ4v) is 4.65. The summed E-state index contributed by atoms with van der Waals surface area (Å²) >= 11 is 0. The average Bonchev–Trinajstić information content (AvgIpc) is 3.05. The van der Waals surface area contributed by atoms with E-state index in [4.69, 9.17) is 4.74 Å². The third kappa shape index (κ3) is 4.11. The summed E-state index contributed by atoms with van der Waals surface area (Å²) in [6.07, 6.45) is 4.81. The predicted octanol–water partition coefficient (Wildman–Crippen LogP) is 0.921. The predicted molar refractivity (Wildman–Crippen MR) is 101 cm³/mol. The van der Waals surface area contributed by atoms with Crippen LogP contribution in [0.2, 0.25) is 0 Å². The highest BCUT2D eigenvalue weighted by atomic mass is 16.5. The van der Waals surface area contributed by atoms with Crippen LogP contribution in [0.15, 0.2) is 0 Å². The summed E-state index contributed by atoms with van der Waals surface area (Å²) in [5.41, 5.74) is 0. The number of piperidine rings is 1. The Morgan fingerprint density at radius 2 is 1.58 bits per heavy atom. The van der Waals surface area contributed by atoms with Gasteiger partial charge in [0.2, 0.25) is 0 Å². The van der Waals surface area contributed by atoms with E-state index in [1.165, 1.54) is 44.6 Å². The van der Waals surface area contributed by atoms with E-state index in [2.05, 4.69) is 43.6 Å². The first-order valence-electron chi connectivity index (χ1n) is 10.3. The molecule has 3 fully saturated rings. The van der Waals surface area contributed by atoms with Crippen molar-refractivity contribution in [1.29, 1.82) is 0 Å². The Kier molecular flexibility index (Phi) is 5.88. The molecule has 3 saturated heterocycles. The molecule has 26 heavy (non-hydrogen) atoms. The molecule has 0 N–H and O–H groups in total. The maximum Gasteiger partial charge on any atom is 0.146 e. The highest BCUT2D eigenvalue weighted by Crippen LogP contribution is 2.29. The van der Waals surface area contributed by atoms with Crippen molar-refractivity contribution in [2.45, 2.75) is 44.2 Å². The number of likely N-dealkylation sites (tertiary alicyclic amines) is 1. The first-order valence-corrected chi connectivity index (χ1v) is 10.3. The van der Waals surface area contributed by atoms with Gasteiger partial charge < -0.3 is 19.1 Å². The van der Waals surface area contributed by atoms with E-state index >= 15 is 0 Å². The lowest BCUT2D eigenvalue weighted by Crippen LogP contribution is -2.44. The van der Waals surface area contributed by atoms with Crippen LogP contribution < -0.4 is 0 Å². The Balaban J connectivity index is 1.32. The molecule has 0 spiro atoms. The third-order valence-electron chi connectivity index (χ3n) is 6.56. The summed E-state index contributed by atoms with van der Waals surface area (Å²) in [5, 5.41) is 9.14. The smallest absolute Gasteiger partial charge is 0.146 e. The average molecular weight is 363 g/mol. The molecule has 0 radical (unpaired) electrons. The highest BCUT2D eigenvalue weighted by Gasteiger charge is 2.29. The fraction of sp³-hybridized carbons (Fsp3) is 0.895. The molecule has 0 atom stereocenters. The number of aromatic nitrogens is 3. The highest BCUT2D eigenvalue weighted by molar-refractivity contribution is 5.04. The molecule has 1 aromatic heterocycles. The summed E-state index contributed by atoms with van der Waals surface area (Å²) in [6.45, 7) is 9.73. The first kappa shape index (κ1) is 18.3. The van der Waals surface area contributed by atoms with Gasteiger partial charge in [-0.3, -0.25) is 4.90 Å². The van der Waals surface area contributed by atoms with Crippen molar-refractivity contribution in [3.05, 3.63) is 11.6 Å². The van der Waals surface area contributed by atoms with Crippen molar-refractivity contribution in [3.8, 4) is 0 Å². The monoisotopic (exact) mass is 362 g/mol. The maximum absolute atomic E-state index is 5.51. The van der Waals surface area contributed by atoms with Gasteiger partial charge in [0.25, 0.3) is 0 Å². The Morgan fingerprint density at radius 3 is 2.27 bits per heavy atom. The van der Waals surface area contributed by atoms with Gasteiger partial charge in [0.1, 0.15) is 11.6 Å². The van der Waals surface area contributed by atoms with E-state index in [1.54, 1.807) is 0 Å². The molecular weight excluding hydrogens is 328 g/mol. The zero-order valence-electron chi connectivity index (χ0n) is 16.4. The van der Waals surface area contributed by atoms with E-state index in [0.29, 0.717) is 5.92 Å². The lowest BCUT2D eigenvalue weighted by atomic mass is 9.93. The molecular formula is C19H34N6O. The van der Waals surface area contributed by atoms with Crippen molar-refractivity contribution in [3.63, 3.8) is 0 Å². The zero-order valence-corrected chi connectivity index (χ0v) is 16.4. The molecule has 0 bridgehead atoms. The van der Waals surface area contributed by atoms with Crippen molar-refractivity contribution >= 4 is 0 Å². The Hall–Kier alpha value is -1.02. The van der Waals surface area contributed by atoms with Gasteiger partial charge in [0.05, 0.1) is 6.54 Å². The summed E-state index contributed by atoms with van der Waals surface area (Å²) in [6, 6.07) is 0.733. The summed E-state index contributed by atoms with van der Waals surface area (Å²) in [7, 11) is 4.36. The first-order chi connectivity index (χ1) is 12.7. The van der Waals surface area contributed by atoms with Crippen molar-refractivity contribution in [2.24, 2.45) is 7.05 Å². The molecule has 3 aliphatic rings. The van der Waals surface area contributed by atoms with Crippen LogP contribution in [-0.4, -0.2) is 95.0 Å². The molecule has 4 rings (SSSR count). The molecule has 7 nitrogen and oxygen atoms in total. The Morgan fingerprint density at radius 1 is 0.885 bits per heavy atom. The number of likely N-dealkylation sites (N-methyl/N-ethyl adjacent to an activating group) is 1. The molecule has 3 aliphatic heterocycles. The number of rotatable bonds is 4. The minimum Gasteiger partial charge on any atom is -0.381 e. The molecule has 146 valence electrons. The van der Waals surface area contributed by atoms with Crippen LogP contribution in [0.25, 0.3) is 0 Å². The van der Waals surface area contributed by atoms with E-state index in [0.717, 1.165) is 57.8 Å². The van der Waals surface area contributed by atoms with Gasteiger partial charge in [-0.1, -0.05) is 0 Å². The van der Waals surface area contributed by atoms with Gasteiger partial charge in [-0.15, -0.1) is 10.2 Å². The van der Waals surface area contributed by atoms with Crippen LogP contribution in [0.1, 0.15) is 43.3 Å². The lowest BCUT2D eigenvalue weighted by Gasteiger charge is -2.39. The van der Waals surface area contributed by atoms with E-state index in [-0.39, 0.29) is 0 Å². The number of piperazine rings is 1. The minimum atomic E-state index is 0.560. The van der Waals surface area contributed by atoms with Gasteiger partial charge >= 0.3 is 0 Å². The molecule has 4 heterocycles. The van der Waals surface area contributed by atoms with Gasteiger partial charge in [-0.2, -0.15) is 0 Å². The summed E-state index contributed by atoms with van der Waals surface area (Å²) in [4.78, 5) is 7.58. The number of nitrogens with zero attached hydrogens (tertiary/aromatic N) is 6. The van der Waals surface area contributed by atoms with Gasteiger partial charge in [0.15, 0.2) is 0 Å². The van der Waals surface area contributed by atoms with Crippen molar-refractivity contribution in [2.75, 3.05) is 59.5 Å². The largest absolute Gasteiger partial charge is 0.381 e. The van der Waals surface area contributed by atoms with Gasteiger partial charge in [-0.05, 0) is 45.8 Å². The van der Waals surface area contributed by atoms with Crippen molar-refractivity contribution < 1.29 is 4.74 Å². The third-order valence-corrected chi connectivity index (χ3v) is 6.56. The van der Waals surface area contributed by atoms with Crippen LogP contribution in [-0.2, 0) is 18.3 Å². The van der Waals surface area contributed by atoms with Gasteiger partial charge in [0, 0.05) is 58.4 Å². The van der Waals surface area contributed by atoms with Crippen LogP contribution in [0.3, 0.4) is 0 Å². The summed E-state index contributed by atoms with van der Waals surface area (Å²) in [5.74, 6) is 2.88. The minimum absolute atomic E-state index is 0.560.